The van der Waals surface area contributed by atoms with Crippen molar-refractivity contribution in [3.05, 3.63) is 0 Å². The second kappa shape index (κ2) is 8.77. The molecule has 0 rings (SSSR count). The predicted octanol–water partition coefficient (Wildman–Crippen LogP) is 2.58. The lowest BCUT2D eigenvalue weighted by Crippen LogP contribution is -2.50. The molecule has 1 unspecified atom stereocenters. The van der Waals surface area contributed by atoms with Gasteiger partial charge in [0.1, 0.15) is 5.41 Å². The maximum absolute atomic E-state index is 12.7. The van der Waals surface area contributed by atoms with Gasteiger partial charge < -0.3 is 15.8 Å². The summed E-state index contributed by atoms with van der Waals surface area (Å²) in [6, 6.07) is 0. The Labute approximate surface area is 116 Å². The molecule has 0 aromatic heterocycles. The zero-order valence-corrected chi connectivity index (χ0v) is 12.8. The summed E-state index contributed by atoms with van der Waals surface area (Å²) in [7, 11) is 0. The number of amides is 1. The molecule has 112 valence electrons. The van der Waals surface area contributed by atoms with E-state index in [-0.39, 0.29) is 11.7 Å². The fourth-order valence-corrected chi connectivity index (χ4v) is 1.91. The minimum atomic E-state index is -0.907. The Balaban J connectivity index is 5.01. The third-order valence-corrected chi connectivity index (χ3v) is 3.70. The monoisotopic (exact) mass is 271 g/mol. The molecule has 0 saturated heterocycles. The Bertz CT molecular complexity index is 297. The normalized spacial score (nSPS) is 15.1. The van der Waals surface area contributed by atoms with Gasteiger partial charge >= 0.3 is 0 Å². The number of unbranched alkanes of at least 4 members (excludes halogenated alkanes) is 2. The predicted molar refractivity (Wildman–Crippen MR) is 78.2 cm³/mol. The molecule has 0 radical (unpaired) electrons. The molecular weight excluding hydrogens is 242 g/mol. The Hall–Kier alpha value is -1.26. The molecule has 0 fully saturated rings. The standard InChI is InChI=1S/C14H29N3O2/c1-5-8-10-17(11-9-6-2)13(18)14(4,7-3)12(15)16-19/h19H,5-11H2,1-4H3,(H2,15,16). The van der Waals surface area contributed by atoms with E-state index < -0.39 is 5.41 Å². The molecule has 5 heteroatoms. The quantitative estimate of drug-likeness (QED) is 0.293. The summed E-state index contributed by atoms with van der Waals surface area (Å²) in [6.45, 7) is 9.31. The van der Waals surface area contributed by atoms with Crippen LogP contribution in [0.1, 0.15) is 59.8 Å². The van der Waals surface area contributed by atoms with Crippen LogP contribution in [0.5, 0.6) is 0 Å². The largest absolute Gasteiger partial charge is 0.409 e. The number of hydrogen-bond acceptors (Lipinski definition) is 3. The molecule has 1 atom stereocenters. The Kier molecular flexibility index (Phi) is 8.19. The lowest BCUT2D eigenvalue weighted by molar-refractivity contribution is -0.138. The van der Waals surface area contributed by atoms with Gasteiger partial charge in [-0.05, 0) is 26.2 Å². The minimum absolute atomic E-state index is 0.00185. The van der Waals surface area contributed by atoms with Crippen molar-refractivity contribution in [2.45, 2.75) is 59.8 Å². The number of carbonyl (C=O) groups is 1. The van der Waals surface area contributed by atoms with Gasteiger partial charge in [0.2, 0.25) is 5.91 Å². The first-order valence-electron chi connectivity index (χ1n) is 7.25. The maximum atomic E-state index is 12.7. The summed E-state index contributed by atoms with van der Waals surface area (Å²) in [5.41, 5.74) is 4.80. The molecule has 0 aromatic carbocycles. The second-order valence-corrected chi connectivity index (χ2v) is 5.17. The summed E-state index contributed by atoms with van der Waals surface area (Å²) < 4.78 is 0. The first kappa shape index (κ1) is 17.7. The Morgan fingerprint density at radius 1 is 1.21 bits per heavy atom. The van der Waals surface area contributed by atoms with Crippen molar-refractivity contribution < 1.29 is 10.0 Å². The van der Waals surface area contributed by atoms with Crippen LogP contribution in [0.2, 0.25) is 0 Å². The smallest absolute Gasteiger partial charge is 0.236 e. The summed E-state index contributed by atoms with van der Waals surface area (Å²) >= 11 is 0. The fraction of sp³-hybridized carbons (Fsp3) is 0.857. The van der Waals surface area contributed by atoms with Crippen LogP contribution in [0.25, 0.3) is 0 Å². The van der Waals surface area contributed by atoms with Crippen molar-refractivity contribution in [1.82, 2.24) is 4.90 Å². The molecule has 1 amide bonds. The minimum Gasteiger partial charge on any atom is -0.409 e. The van der Waals surface area contributed by atoms with Crippen LogP contribution in [-0.2, 0) is 4.79 Å². The van der Waals surface area contributed by atoms with Gasteiger partial charge in [-0.3, -0.25) is 4.79 Å². The number of nitrogens with two attached hydrogens (primary N) is 1. The van der Waals surface area contributed by atoms with Crippen LogP contribution in [0, 0.1) is 5.41 Å². The number of rotatable bonds is 9. The first-order valence-corrected chi connectivity index (χ1v) is 7.25. The Morgan fingerprint density at radius 2 is 1.68 bits per heavy atom. The van der Waals surface area contributed by atoms with Gasteiger partial charge in [0, 0.05) is 13.1 Å². The fourth-order valence-electron chi connectivity index (χ4n) is 1.91. The van der Waals surface area contributed by atoms with E-state index in [1.165, 1.54) is 0 Å². The van der Waals surface area contributed by atoms with E-state index in [0.717, 1.165) is 38.8 Å². The first-order chi connectivity index (χ1) is 8.97. The van der Waals surface area contributed by atoms with Gasteiger partial charge in [-0.1, -0.05) is 38.8 Å². The SMILES string of the molecule is CCCCN(CCCC)C(=O)C(C)(CC)C(N)=NO. The molecule has 0 aliphatic carbocycles. The van der Waals surface area contributed by atoms with Crippen molar-refractivity contribution in [3.63, 3.8) is 0 Å². The molecule has 0 aliphatic rings. The topological polar surface area (TPSA) is 78.9 Å². The van der Waals surface area contributed by atoms with E-state index in [0.29, 0.717) is 6.42 Å². The average molecular weight is 271 g/mol. The van der Waals surface area contributed by atoms with Crippen LogP contribution in [0.4, 0.5) is 0 Å². The second-order valence-electron chi connectivity index (χ2n) is 5.17. The number of hydrogen-bond donors (Lipinski definition) is 2. The maximum Gasteiger partial charge on any atom is 0.236 e. The molecule has 0 bridgehead atoms. The van der Waals surface area contributed by atoms with Crippen molar-refractivity contribution in [2.75, 3.05) is 13.1 Å². The van der Waals surface area contributed by atoms with E-state index in [2.05, 4.69) is 19.0 Å². The average Bonchev–Trinajstić information content (AvgIpc) is 2.44. The third-order valence-electron chi connectivity index (χ3n) is 3.70. The lowest BCUT2D eigenvalue weighted by Gasteiger charge is -2.33. The third kappa shape index (κ3) is 4.73. The highest BCUT2D eigenvalue weighted by Crippen LogP contribution is 2.25. The van der Waals surface area contributed by atoms with Crippen molar-refractivity contribution in [2.24, 2.45) is 16.3 Å². The van der Waals surface area contributed by atoms with Gasteiger partial charge in [0.05, 0.1) is 0 Å². The van der Waals surface area contributed by atoms with Gasteiger partial charge in [-0.15, -0.1) is 0 Å². The zero-order valence-electron chi connectivity index (χ0n) is 12.8. The molecular formula is C14H29N3O2. The van der Waals surface area contributed by atoms with E-state index in [9.17, 15) is 4.79 Å². The van der Waals surface area contributed by atoms with Gasteiger partial charge in [0.15, 0.2) is 5.84 Å². The van der Waals surface area contributed by atoms with Gasteiger partial charge in [-0.2, -0.15) is 0 Å². The summed E-state index contributed by atoms with van der Waals surface area (Å²) in [6.07, 6.45) is 4.57. The van der Waals surface area contributed by atoms with Crippen LogP contribution in [0.15, 0.2) is 5.16 Å². The van der Waals surface area contributed by atoms with E-state index in [1.54, 1.807) is 6.92 Å². The highest BCUT2D eigenvalue weighted by Gasteiger charge is 2.39. The number of oxime groups is 1. The molecule has 3 N–H and O–H groups in total. The van der Waals surface area contributed by atoms with Crippen molar-refractivity contribution in [3.8, 4) is 0 Å². The summed E-state index contributed by atoms with van der Waals surface area (Å²) in [5.74, 6) is -0.0369. The number of carbonyl (C=O) groups excluding carboxylic acids is 1. The molecule has 0 saturated carbocycles. The zero-order chi connectivity index (χ0) is 14.9. The molecule has 0 aromatic rings. The van der Waals surface area contributed by atoms with Gasteiger partial charge in [-0.25, -0.2) is 0 Å². The lowest BCUT2D eigenvalue weighted by atomic mass is 9.84. The van der Waals surface area contributed by atoms with Crippen LogP contribution < -0.4 is 5.73 Å². The molecule has 5 nitrogen and oxygen atoms in total. The van der Waals surface area contributed by atoms with Crippen molar-refractivity contribution in [1.29, 1.82) is 0 Å². The number of amidine groups is 1. The highest BCUT2D eigenvalue weighted by atomic mass is 16.4. The van der Waals surface area contributed by atoms with E-state index >= 15 is 0 Å². The number of nitrogens with zero attached hydrogens (tertiary/aromatic N) is 2. The van der Waals surface area contributed by atoms with Gasteiger partial charge in [0.25, 0.3) is 0 Å². The van der Waals surface area contributed by atoms with E-state index in [1.807, 2.05) is 11.8 Å². The molecule has 0 heterocycles. The van der Waals surface area contributed by atoms with Crippen LogP contribution >= 0.6 is 0 Å². The van der Waals surface area contributed by atoms with Crippen LogP contribution in [0.3, 0.4) is 0 Å². The summed E-state index contributed by atoms with van der Waals surface area (Å²) in [4.78, 5) is 14.5. The molecule has 0 spiro atoms. The molecule has 19 heavy (non-hydrogen) atoms. The highest BCUT2D eigenvalue weighted by molar-refractivity contribution is 6.06. The van der Waals surface area contributed by atoms with Crippen molar-refractivity contribution >= 4 is 11.7 Å². The van der Waals surface area contributed by atoms with E-state index in [4.69, 9.17) is 10.9 Å². The Morgan fingerprint density at radius 3 is 2.00 bits per heavy atom. The molecule has 0 aliphatic heterocycles. The summed E-state index contributed by atoms with van der Waals surface area (Å²) in [5, 5.41) is 11.9. The van der Waals surface area contributed by atoms with Crippen LogP contribution in [-0.4, -0.2) is 34.9 Å².